The van der Waals surface area contributed by atoms with Gasteiger partial charge in [-0.3, -0.25) is 4.79 Å². The minimum Gasteiger partial charge on any atom is -0.336 e. The molecule has 0 aromatic rings. The molecule has 0 radical (unpaired) electrons. The van der Waals surface area contributed by atoms with E-state index in [1.165, 1.54) is 25.7 Å². The summed E-state index contributed by atoms with van der Waals surface area (Å²) in [5.41, 5.74) is 0. The lowest BCUT2D eigenvalue weighted by Crippen LogP contribution is -2.39. The van der Waals surface area contributed by atoms with Gasteiger partial charge in [0.15, 0.2) is 0 Å². The third kappa shape index (κ3) is 3.67. The standard InChI is InChI=1S/C12H22N2O/c1-3-10-14(11-6-4-5-7-11)12(15)8-9-13-2/h3,11,13H,1,4-10H2,2H3. The lowest BCUT2D eigenvalue weighted by Gasteiger charge is -2.27. The van der Waals surface area contributed by atoms with Gasteiger partial charge in [0.2, 0.25) is 5.91 Å². The molecule has 1 amide bonds. The first-order chi connectivity index (χ1) is 7.29. The smallest absolute Gasteiger partial charge is 0.224 e. The summed E-state index contributed by atoms with van der Waals surface area (Å²) in [4.78, 5) is 13.9. The van der Waals surface area contributed by atoms with Crippen molar-refractivity contribution in [3.63, 3.8) is 0 Å². The van der Waals surface area contributed by atoms with E-state index in [-0.39, 0.29) is 5.91 Å². The van der Waals surface area contributed by atoms with Crippen molar-refractivity contribution in [2.75, 3.05) is 20.1 Å². The van der Waals surface area contributed by atoms with Crippen molar-refractivity contribution in [1.82, 2.24) is 10.2 Å². The zero-order valence-electron chi connectivity index (χ0n) is 9.67. The molecule has 1 rings (SSSR count). The first kappa shape index (κ1) is 12.2. The van der Waals surface area contributed by atoms with E-state index in [1.54, 1.807) is 0 Å². The summed E-state index contributed by atoms with van der Waals surface area (Å²) in [5.74, 6) is 0.260. The first-order valence-electron chi connectivity index (χ1n) is 5.84. The van der Waals surface area contributed by atoms with E-state index in [9.17, 15) is 4.79 Å². The fourth-order valence-electron chi connectivity index (χ4n) is 2.19. The first-order valence-corrected chi connectivity index (χ1v) is 5.84. The van der Waals surface area contributed by atoms with Gasteiger partial charge in [0.05, 0.1) is 0 Å². The second-order valence-corrected chi connectivity index (χ2v) is 4.13. The predicted octanol–water partition coefficient (Wildman–Crippen LogP) is 1.55. The molecule has 1 fully saturated rings. The lowest BCUT2D eigenvalue weighted by atomic mass is 10.2. The zero-order valence-corrected chi connectivity index (χ0v) is 9.67. The highest BCUT2D eigenvalue weighted by Gasteiger charge is 2.24. The number of amides is 1. The molecule has 0 atom stereocenters. The molecule has 0 saturated heterocycles. The number of nitrogens with zero attached hydrogens (tertiary/aromatic N) is 1. The normalized spacial score (nSPS) is 16.6. The molecule has 0 aliphatic heterocycles. The molecule has 0 unspecified atom stereocenters. The van der Waals surface area contributed by atoms with E-state index < -0.39 is 0 Å². The number of rotatable bonds is 6. The number of hydrogen-bond acceptors (Lipinski definition) is 2. The molecule has 3 heteroatoms. The highest BCUT2D eigenvalue weighted by atomic mass is 16.2. The van der Waals surface area contributed by atoms with E-state index in [0.29, 0.717) is 19.0 Å². The minimum atomic E-state index is 0.260. The predicted molar refractivity (Wildman–Crippen MR) is 62.7 cm³/mol. The van der Waals surface area contributed by atoms with Crippen LogP contribution in [0.1, 0.15) is 32.1 Å². The number of carbonyl (C=O) groups excluding carboxylic acids is 1. The van der Waals surface area contributed by atoms with Gasteiger partial charge in [-0.15, -0.1) is 6.58 Å². The summed E-state index contributed by atoms with van der Waals surface area (Å²) in [6.07, 6.45) is 7.28. The molecule has 86 valence electrons. The Morgan fingerprint density at radius 3 is 2.73 bits per heavy atom. The van der Waals surface area contributed by atoms with Crippen LogP contribution in [0.3, 0.4) is 0 Å². The summed E-state index contributed by atoms with van der Waals surface area (Å²) in [5, 5.41) is 3.01. The molecule has 1 N–H and O–H groups in total. The van der Waals surface area contributed by atoms with Crippen LogP contribution >= 0.6 is 0 Å². The maximum atomic E-state index is 11.9. The molecular weight excluding hydrogens is 188 g/mol. The van der Waals surface area contributed by atoms with Crippen LogP contribution < -0.4 is 5.32 Å². The van der Waals surface area contributed by atoms with Gasteiger partial charge in [0.1, 0.15) is 0 Å². The fraction of sp³-hybridized carbons (Fsp3) is 0.750. The van der Waals surface area contributed by atoms with Gasteiger partial charge in [-0.2, -0.15) is 0 Å². The molecule has 1 saturated carbocycles. The van der Waals surface area contributed by atoms with Gasteiger partial charge < -0.3 is 10.2 Å². The van der Waals surface area contributed by atoms with Crippen LogP contribution in [0.4, 0.5) is 0 Å². The minimum absolute atomic E-state index is 0.260. The Morgan fingerprint density at radius 1 is 1.53 bits per heavy atom. The molecule has 1 aliphatic rings. The third-order valence-electron chi connectivity index (χ3n) is 3.00. The topological polar surface area (TPSA) is 32.3 Å². The van der Waals surface area contributed by atoms with Crippen LogP contribution in [0.2, 0.25) is 0 Å². The van der Waals surface area contributed by atoms with Crippen molar-refractivity contribution < 1.29 is 4.79 Å². The molecule has 0 spiro atoms. The highest BCUT2D eigenvalue weighted by molar-refractivity contribution is 5.77. The number of hydrogen-bond donors (Lipinski definition) is 1. The van der Waals surface area contributed by atoms with Gasteiger partial charge >= 0.3 is 0 Å². The van der Waals surface area contributed by atoms with E-state index >= 15 is 0 Å². The lowest BCUT2D eigenvalue weighted by molar-refractivity contribution is -0.132. The fourth-order valence-corrected chi connectivity index (χ4v) is 2.19. The van der Waals surface area contributed by atoms with Crippen LogP contribution in [0, 0.1) is 0 Å². The molecule has 0 bridgehead atoms. The average molecular weight is 210 g/mol. The van der Waals surface area contributed by atoms with Crippen molar-refractivity contribution in [3.8, 4) is 0 Å². The molecule has 3 nitrogen and oxygen atoms in total. The Kier molecular flexibility index (Phi) is 5.40. The summed E-state index contributed by atoms with van der Waals surface area (Å²) in [7, 11) is 1.88. The second kappa shape index (κ2) is 6.62. The van der Waals surface area contributed by atoms with Crippen LogP contribution in [-0.4, -0.2) is 37.0 Å². The summed E-state index contributed by atoms with van der Waals surface area (Å²) in [6, 6.07) is 0.465. The Morgan fingerprint density at radius 2 is 2.20 bits per heavy atom. The van der Waals surface area contributed by atoms with Crippen LogP contribution in [-0.2, 0) is 4.79 Å². The largest absolute Gasteiger partial charge is 0.336 e. The van der Waals surface area contributed by atoms with E-state index in [2.05, 4.69) is 11.9 Å². The van der Waals surface area contributed by atoms with Crippen LogP contribution in [0.25, 0.3) is 0 Å². The zero-order chi connectivity index (χ0) is 11.1. The van der Waals surface area contributed by atoms with E-state index in [1.807, 2.05) is 18.0 Å². The average Bonchev–Trinajstić information content (AvgIpc) is 2.75. The number of carbonyl (C=O) groups is 1. The van der Waals surface area contributed by atoms with Gasteiger partial charge in [-0.1, -0.05) is 18.9 Å². The van der Waals surface area contributed by atoms with Crippen molar-refractivity contribution in [3.05, 3.63) is 12.7 Å². The molecule has 15 heavy (non-hydrogen) atoms. The van der Waals surface area contributed by atoms with E-state index in [0.717, 1.165) is 6.54 Å². The van der Waals surface area contributed by atoms with Crippen LogP contribution in [0.15, 0.2) is 12.7 Å². The third-order valence-corrected chi connectivity index (χ3v) is 3.00. The summed E-state index contributed by atoms with van der Waals surface area (Å²) < 4.78 is 0. The monoisotopic (exact) mass is 210 g/mol. The van der Waals surface area contributed by atoms with Gasteiger partial charge in [-0.05, 0) is 19.9 Å². The highest BCUT2D eigenvalue weighted by Crippen LogP contribution is 2.23. The van der Waals surface area contributed by atoms with Crippen molar-refractivity contribution >= 4 is 5.91 Å². The Balaban J connectivity index is 2.47. The molecule has 0 aromatic carbocycles. The Labute approximate surface area is 92.5 Å². The maximum Gasteiger partial charge on any atom is 0.224 e. The van der Waals surface area contributed by atoms with Crippen molar-refractivity contribution in [1.29, 1.82) is 0 Å². The molecule has 0 aromatic heterocycles. The molecular formula is C12H22N2O. The maximum absolute atomic E-state index is 11.9. The summed E-state index contributed by atoms with van der Waals surface area (Å²) in [6.45, 7) is 5.19. The SMILES string of the molecule is C=CCN(C(=O)CCNC)C1CCCC1. The Bertz CT molecular complexity index is 210. The van der Waals surface area contributed by atoms with E-state index in [4.69, 9.17) is 0 Å². The van der Waals surface area contributed by atoms with Gasteiger partial charge in [-0.25, -0.2) is 0 Å². The molecule has 1 aliphatic carbocycles. The van der Waals surface area contributed by atoms with Crippen molar-refractivity contribution in [2.24, 2.45) is 0 Å². The Hall–Kier alpha value is -0.830. The molecule has 0 heterocycles. The summed E-state index contributed by atoms with van der Waals surface area (Å²) >= 11 is 0. The quantitative estimate of drug-likeness (QED) is 0.675. The van der Waals surface area contributed by atoms with Gasteiger partial charge in [0, 0.05) is 25.6 Å². The second-order valence-electron chi connectivity index (χ2n) is 4.13. The van der Waals surface area contributed by atoms with Crippen LogP contribution in [0.5, 0.6) is 0 Å². The van der Waals surface area contributed by atoms with Crippen molar-refractivity contribution in [2.45, 2.75) is 38.1 Å². The number of nitrogens with one attached hydrogen (secondary N) is 1. The van der Waals surface area contributed by atoms with Gasteiger partial charge in [0.25, 0.3) is 0 Å².